The van der Waals surface area contributed by atoms with Gasteiger partial charge in [0, 0.05) is 19.6 Å². The lowest BCUT2D eigenvalue weighted by molar-refractivity contribution is 0.0271. The van der Waals surface area contributed by atoms with Crippen molar-refractivity contribution in [2.75, 3.05) is 13.2 Å². The number of hydrogen-bond acceptors (Lipinski definition) is 8. The minimum atomic E-state index is -1.89. The molecule has 0 aliphatic heterocycles. The van der Waals surface area contributed by atoms with Gasteiger partial charge in [-0.2, -0.15) is 0 Å². The lowest BCUT2D eigenvalue weighted by Crippen LogP contribution is -2.13. The first-order valence-electron chi connectivity index (χ1n) is 12.6. The first-order chi connectivity index (χ1) is 22.9. The zero-order valence-corrected chi connectivity index (χ0v) is 24.8. The van der Waals surface area contributed by atoms with E-state index < -0.39 is 94.2 Å². The van der Waals surface area contributed by atoms with Crippen LogP contribution >= 0.6 is 22.7 Å². The molecule has 0 aliphatic rings. The summed E-state index contributed by atoms with van der Waals surface area (Å²) in [5, 5.41) is 5.19. The number of azide groups is 2. The Morgan fingerprint density at radius 3 is 1.23 bits per heavy atom. The third kappa shape index (κ3) is 7.48. The number of ether oxygens (including phenoxy) is 2. The Morgan fingerprint density at radius 1 is 0.583 bits per heavy atom. The summed E-state index contributed by atoms with van der Waals surface area (Å²) in [6, 6.07) is 5.25. The van der Waals surface area contributed by atoms with E-state index in [1.807, 2.05) is 0 Å². The fraction of sp³-hybridized carbons (Fsp3) is 0.0714. The predicted octanol–water partition coefficient (Wildman–Crippen LogP) is 10.2. The number of esters is 2. The highest BCUT2D eigenvalue weighted by molar-refractivity contribution is 7.15. The minimum Gasteiger partial charge on any atom is -0.458 e. The van der Waals surface area contributed by atoms with Gasteiger partial charge in [-0.15, -0.1) is 22.7 Å². The van der Waals surface area contributed by atoms with Crippen molar-refractivity contribution in [1.82, 2.24) is 0 Å². The van der Waals surface area contributed by atoms with E-state index in [9.17, 15) is 44.7 Å². The SMILES string of the molecule is [N-]=[N+]=Nc1c(F)c(F)c(/C=C/c2ccc(C(=O)OCCOC(=O)c3ccc(/C=C/c4c(F)c(F)c(N=[N+]=[N-])c(F)c4F)s3)s2)c(F)c1F. The average molecular weight is 713 g/mol. The molecular formula is C28H12F8N6O4S2. The number of rotatable bonds is 11. The summed E-state index contributed by atoms with van der Waals surface area (Å²) in [6.45, 7) is -0.806. The van der Waals surface area contributed by atoms with Crippen LogP contribution in [0.25, 0.3) is 45.2 Å². The van der Waals surface area contributed by atoms with Crippen LogP contribution in [0.3, 0.4) is 0 Å². The average Bonchev–Trinajstić information content (AvgIpc) is 3.75. The maximum absolute atomic E-state index is 14.2. The van der Waals surface area contributed by atoms with E-state index in [1.54, 1.807) is 0 Å². The maximum Gasteiger partial charge on any atom is 0.348 e. The monoisotopic (exact) mass is 712 g/mol. The Bertz CT molecular complexity index is 1900. The van der Waals surface area contributed by atoms with Crippen molar-refractivity contribution in [3.05, 3.63) is 122 Å². The molecule has 10 nitrogen and oxygen atoms in total. The molecule has 0 saturated heterocycles. The molecule has 20 heteroatoms. The van der Waals surface area contributed by atoms with Gasteiger partial charge in [-0.05, 0) is 59.6 Å². The van der Waals surface area contributed by atoms with Gasteiger partial charge in [-0.1, -0.05) is 10.2 Å². The van der Waals surface area contributed by atoms with Gasteiger partial charge in [0.15, 0.2) is 46.5 Å². The second-order valence-electron chi connectivity index (χ2n) is 8.76. The zero-order valence-electron chi connectivity index (χ0n) is 23.2. The van der Waals surface area contributed by atoms with Gasteiger partial charge in [0.05, 0.1) is 11.1 Å². The number of thiophene rings is 2. The van der Waals surface area contributed by atoms with E-state index in [0.717, 1.165) is 34.8 Å². The van der Waals surface area contributed by atoms with Crippen molar-refractivity contribution in [3.63, 3.8) is 0 Å². The van der Waals surface area contributed by atoms with Crippen LogP contribution in [0.4, 0.5) is 46.5 Å². The highest BCUT2D eigenvalue weighted by Crippen LogP contribution is 2.33. The molecule has 2 heterocycles. The molecular weight excluding hydrogens is 700 g/mol. The summed E-state index contributed by atoms with van der Waals surface area (Å²) >= 11 is 1.57. The highest BCUT2D eigenvalue weighted by atomic mass is 32.1. The van der Waals surface area contributed by atoms with E-state index in [2.05, 4.69) is 20.1 Å². The van der Waals surface area contributed by atoms with Crippen molar-refractivity contribution < 1.29 is 54.2 Å². The summed E-state index contributed by atoms with van der Waals surface area (Å²) < 4.78 is 123. The molecule has 2 aromatic carbocycles. The van der Waals surface area contributed by atoms with Crippen LogP contribution < -0.4 is 0 Å². The number of hydrogen-bond donors (Lipinski definition) is 0. The smallest absolute Gasteiger partial charge is 0.348 e. The van der Waals surface area contributed by atoms with E-state index in [-0.39, 0.29) is 19.5 Å². The van der Waals surface area contributed by atoms with Crippen LogP contribution in [0.5, 0.6) is 0 Å². The molecule has 0 saturated carbocycles. The molecule has 0 radical (unpaired) electrons. The number of nitrogens with zero attached hydrogens (tertiary/aromatic N) is 6. The van der Waals surface area contributed by atoms with E-state index >= 15 is 0 Å². The van der Waals surface area contributed by atoms with Crippen molar-refractivity contribution >= 4 is 70.3 Å². The summed E-state index contributed by atoms with van der Waals surface area (Å²) in [5.74, 6) is -16.5. The standard InChI is InChI=1S/C28H12F8N6O4S2/c29-17-13(18(30)22(34)25(21(17)33)39-41-37)5-1-11-3-7-15(47-11)27(43)45-9-10-46-28(44)16-8-4-12(48-16)2-6-14-19(31)23(35)26(40-42-38)24(36)20(14)32/h1-8H,9-10H2/b5-1+,6-2+. The Kier molecular flexibility index (Phi) is 11.2. The Morgan fingerprint density at radius 2 is 0.917 bits per heavy atom. The van der Waals surface area contributed by atoms with Crippen molar-refractivity contribution in [3.8, 4) is 0 Å². The van der Waals surface area contributed by atoms with Crippen molar-refractivity contribution in [1.29, 1.82) is 0 Å². The van der Waals surface area contributed by atoms with Crippen LogP contribution in [0, 0.1) is 46.5 Å². The van der Waals surface area contributed by atoms with E-state index in [0.29, 0.717) is 12.2 Å². The minimum absolute atomic E-state index is 0.00717. The van der Waals surface area contributed by atoms with Crippen molar-refractivity contribution in [2.45, 2.75) is 0 Å². The molecule has 0 N–H and O–H groups in total. The Hall–Kier alpha value is -5.68. The Balaban J connectivity index is 1.31. The second-order valence-corrected chi connectivity index (χ2v) is 11.0. The largest absolute Gasteiger partial charge is 0.458 e. The quantitative estimate of drug-likeness (QED) is 0.0289. The lowest BCUT2D eigenvalue weighted by atomic mass is 10.1. The molecule has 0 aliphatic carbocycles. The summed E-state index contributed by atoms with van der Waals surface area (Å²) in [6.07, 6.45) is 3.55. The maximum atomic E-state index is 14.2. The molecule has 0 atom stereocenters. The third-order valence-electron chi connectivity index (χ3n) is 5.87. The molecule has 2 aromatic heterocycles. The van der Waals surface area contributed by atoms with Gasteiger partial charge in [-0.3, -0.25) is 0 Å². The first kappa shape index (κ1) is 35.2. The normalized spacial score (nSPS) is 11.1. The van der Waals surface area contributed by atoms with Gasteiger partial charge in [0.1, 0.15) is 34.3 Å². The molecule has 0 amide bonds. The number of benzene rings is 2. The van der Waals surface area contributed by atoms with Crippen LogP contribution in [0.15, 0.2) is 34.5 Å². The highest BCUT2D eigenvalue weighted by Gasteiger charge is 2.25. The van der Waals surface area contributed by atoms with Gasteiger partial charge in [0.2, 0.25) is 0 Å². The topological polar surface area (TPSA) is 150 Å². The van der Waals surface area contributed by atoms with Gasteiger partial charge in [-0.25, -0.2) is 44.7 Å². The van der Waals surface area contributed by atoms with Crippen LogP contribution in [0.1, 0.15) is 40.2 Å². The van der Waals surface area contributed by atoms with Gasteiger partial charge >= 0.3 is 11.9 Å². The lowest BCUT2D eigenvalue weighted by Gasteiger charge is -2.06. The molecule has 0 bridgehead atoms. The Labute approximate surface area is 270 Å². The fourth-order valence-electron chi connectivity index (χ4n) is 3.68. The third-order valence-corrected chi connectivity index (χ3v) is 7.93. The molecule has 48 heavy (non-hydrogen) atoms. The number of carbonyl (C=O) groups excluding carboxylic acids is 2. The van der Waals surface area contributed by atoms with Gasteiger partial charge < -0.3 is 9.47 Å². The fourth-order valence-corrected chi connectivity index (χ4v) is 5.29. The molecule has 4 rings (SSSR count). The molecule has 0 unspecified atom stereocenters. The van der Waals surface area contributed by atoms with Crippen LogP contribution in [-0.2, 0) is 9.47 Å². The van der Waals surface area contributed by atoms with Gasteiger partial charge in [0.25, 0.3) is 0 Å². The molecule has 0 fully saturated rings. The number of halogens is 8. The second kappa shape index (κ2) is 15.3. The summed E-state index contributed by atoms with van der Waals surface area (Å²) in [7, 11) is 0. The molecule has 246 valence electrons. The summed E-state index contributed by atoms with van der Waals surface area (Å²) in [5.41, 5.74) is 11.5. The first-order valence-corrected chi connectivity index (χ1v) is 14.2. The predicted molar refractivity (Wildman–Crippen MR) is 157 cm³/mol. The number of carbonyl (C=O) groups is 2. The summed E-state index contributed by atoms with van der Waals surface area (Å²) in [4.78, 5) is 29.3. The zero-order chi connectivity index (χ0) is 35.1. The van der Waals surface area contributed by atoms with E-state index in [1.165, 1.54) is 24.3 Å². The van der Waals surface area contributed by atoms with Crippen LogP contribution in [-0.4, -0.2) is 25.2 Å². The van der Waals surface area contributed by atoms with Crippen LogP contribution in [0.2, 0.25) is 0 Å². The molecule has 4 aromatic rings. The molecule has 0 spiro atoms. The van der Waals surface area contributed by atoms with E-state index in [4.69, 9.17) is 20.5 Å². The van der Waals surface area contributed by atoms with Crippen molar-refractivity contribution in [2.24, 2.45) is 10.2 Å².